The Bertz CT molecular complexity index is 1470. The van der Waals surface area contributed by atoms with Crippen LogP contribution in [0.3, 0.4) is 0 Å². The van der Waals surface area contributed by atoms with E-state index >= 15 is 0 Å². The summed E-state index contributed by atoms with van der Waals surface area (Å²) in [6, 6.07) is 20.1. The summed E-state index contributed by atoms with van der Waals surface area (Å²) < 4.78 is 34.5. The number of ether oxygens (including phenoxy) is 1. The fourth-order valence-electron chi connectivity index (χ4n) is 5.46. The van der Waals surface area contributed by atoms with E-state index < -0.39 is 28.5 Å². The number of hydrogen-bond acceptors (Lipinski definition) is 5. The normalized spacial score (nSPS) is 14.6. The number of benzene rings is 3. The fraction of sp³-hybridized carbons (Fsp3) is 0.394. The molecule has 42 heavy (non-hydrogen) atoms. The smallest absolute Gasteiger partial charge is 0.264 e. The Morgan fingerprint density at radius 1 is 0.929 bits per heavy atom. The van der Waals surface area contributed by atoms with Crippen molar-refractivity contribution in [2.24, 2.45) is 0 Å². The molecule has 0 spiro atoms. The summed E-state index contributed by atoms with van der Waals surface area (Å²) in [7, 11) is -2.54. The molecule has 0 aromatic heterocycles. The van der Waals surface area contributed by atoms with Gasteiger partial charge in [-0.05, 0) is 86.7 Å². The number of aryl methyl sites for hydroxylation is 2. The van der Waals surface area contributed by atoms with Gasteiger partial charge in [-0.25, -0.2) is 8.42 Å². The van der Waals surface area contributed by atoms with Gasteiger partial charge in [0.1, 0.15) is 18.3 Å². The zero-order valence-corrected chi connectivity index (χ0v) is 25.7. The molecule has 8 nitrogen and oxygen atoms in total. The lowest BCUT2D eigenvalue weighted by Gasteiger charge is -2.33. The summed E-state index contributed by atoms with van der Waals surface area (Å²) in [5, 5.41) is 3.13. The monoisotopic (exact) mass is 591 g/mol. The zero-order valence-electron chi connectivity index (χ0n) is 24.9. The molecule has 3 aromatic rings. The van der Waals surface area contributed by atoms with Gasteiger partial charge in [0.25, 0.3) is 10.0 Å². The van der Waals surface area contributed by atoms with Crippen LogP contribution in [-0.2, 0) is 26.2 Å². The van der Waals surface area contributed by atoms with Crippen LogP contribution in [0.25, 0.3) is 0 Å². The molecule has 4 rings (SSSR count). The molecule has 0 aliphatic heterocycles. The minimum Gasteiger partial charge on any atom is -0.497 e. The number of anilines is 1. The third-order valence-electron chi connectivity index (χ3n) is 7.71. The maximum absolute atomic E-state index is 14.2. The number of rotatable bonds is 11. The topological polar surface area (TPSA) is 96.0 Å². The highest BCUT2D eigenvalue weighted by Gasteiger charge is 2.33. The number of carbonyl (C=O) groups is 2. The van der Waals surface area contributed by atoms with Gasteiger partial charge in [0.05, 0.1) is 17.7 Å². The first kappa shape index (κ1) is 31.1. The molecule has 0 heterocycles. The summed E-state index contributed by atoms with van der Waals surface area (Å²) in [5.74, 6) is -0.104. The van der Waals surface area contributed by atoms with E-state index in [2.05, 4.69) is 5.32 Å². The molecule has 1 fully saturated rings. The van der Waals surface area contributed by atoms with E-state index in [4.69, 9.17) is 4.74 Å². The highest BCUT2D eigenvalue weighted by atomic mass is 32.2. The Balaban J connectivity index is 1.70. The van der Waals surface area contributed by atoms with Crippen molar-refractivity contribution in [2.45, 2.75) is 76.4 Å². The minimum absolute atomic E-state index is 0.0766. The molecular weight excluding hydrogens is 550 g/mol. The van der Waals surface area contributed by atoms with Gasteiger partial charge < -0.3 is 15.0 Å². The molecule has 224 valence electrons. The van der Waals surface area contributed by atoms with E-state index in [9.17, 15) is 18.0 Å². The summed E-state index contributed by atoms with van der Waals surface area (Å²) in [6.45, 7) is 5.12. The molecule has 0 saturated heterocycles. The van der Waals surface area contributed by atoms with Crippen molar-refractivity contribution in [3.8, 4) is 5.75 Å². The first-order valence-corrected chi connectivity index (χ1v) is 15.9. The average Bonchev–Trinajstić information content (AvgIpc) is 2.98. The lowest BCUT2D eigenvalue weighted by Crippen LogP contribution is -2.53. The predicted molar refractivity (Wildman–Crippen MR) is 165 cm³/mol. The second-order valence-corrected chi connectivity index (χ2v) is 12.9. The lowest BCUT2D eigenvalue weighted by molar-refractivity contribution is -0.139. The Morgan fingerprint density at radius 2 is 1.60 bits per heavy atom. The zero-order chi connectivity index (χ0) is 30.3. The fourth-order valence-corrected chi connectivity index (χ4v) is 6.88. The van der Waals surface area contributed by atoms with Crippen LogP contribution in [0, 0.1) is 13.8 Å². The van der Waals surface area contributed by atoms with E-state index in [0.29, 0.717) is 11.4 Å². The van der Waals surface area contributed by atoms with Crippen molar-refractivity contribution in [2.75, 3.05) is 18.0 Å². The van der Waals surface area contributed by atoms with Gasteiger partial charge in [0.2, 0.25) is 11.8 Å². The molecule has 1 saturated carbocycles. The van der Waals surface area contributed by atoms with E-state index in [1.54, 1.807) is 44.4 Å². The van der Waals surface area contributed by atoms with Crippen molar-refractivity contribution in [3.63, 3.8) is 0 Å². The number of carbonyl (C=O) groups excluding carboxylic acids is 2. The maximum Gasteiger partial charge on any atom is 0.264 e. The molecule has 1 aliphatic rings. The van der Waals surface area contributed by atoms with Crippen LogP contribution in [-0.4, -0.2) is 50.9 Å². The summed E-state index contributed by atoms with van der Waals surface area (Å²) >= 11 is 0. The van der Waals surface area contributed by atoms with Crippen LogP contribution < -0.4 is 14.4 Å². The molecule has 1 atom stereocenters. The molecule has 0 unspecified atom stereocenters. The van der Waals surface area contributed by atoms with E-state index in [0.717, 1.165) is 53.1 Å². The average molecular weight is 592 g/mol. The van der Waals surface area contributed by atoms with Crippen molar-refractivity contribution in [1.82, 2.24) is 10.2 Å². The number of nitrogens with one attached hydrogen (secondary N) is 1. The first-order valence-electron chi connectivity index (χ1n) is 14.5. The number of nitrogens with zero attached hydrogens (tertiary/aromatic N) is 2. The van der Waals surface area contributed by atoms with Crippen molar-refractivity contribution in [3.05, 3.63) is 89.5 Å². The van der Waals surface area contributed by atoms with Gasteiger partial charge >= 0.3 is 0 Å². The van der Waals surface area contributed by atoms with Gasteiger partial charge in [-0.3, -0.25) is 13.9 Å². The number of methoxy groups -OCH3 is 1. The molecular formula is C33H41N3O5S. The van der Waals surface area contributed by atoms with Gasteiger partial charge in [-0.2, -0.15) is 0 Å². The van der Waals surface area contributed by atoms with Crippen molar-refractivity contribution < 1.29 is 22.7 Å². The van der Waals surface area contributed by atoms with Gasteiger partial charge in [0.15, 0.2) is 0 Å². The van der Waals surface area contributed by atoms with Crippen LogP contribution in [0.4, 0.5) is 5.69 Å². The third kappa shape index (κ3) is 7.70. The van der Waals surface area contributed by atoms with Gasteiger partial charge in [-0.15, -0.1) is 0 Å². The van der Waals surface area contributed by atoms with Gasteiger partial charge in [0, 0.05) is 12.6 Å². The lowest BCUT2D eigenvalue weighted by atomic mass is 9.95. The van der Waals surface area contributed by atoms with Crippen molar-refractivity contribution in [1.29, 1.82) is 0 Å². The highest BCUT2D eigenvalue weighted by molar-refractivity contribution is 7.92. The Hall–Kier alpha value is -3.85. The van der Waals surface area contributed by atoms with E-state index in [-0.39, 0.29) is 23.4 Å². The molecule has 1 N–H and O–H groups in total. The van der Waals surface area contributed by atoms with E-state index in [1.165, 1.54) is 17.0 Å². The highest BCUT2D eigenvalue weighted by Crippen LogP contribution is 2.27. The first-order chi connectivity index (χ1) is 20.1. The van der Waals surface area contributed by atoms with Crippen molar-refractivity contribution >= 4 is 27.5 Å². The maximum atomic E-state index is 14.2. The largest absolute Gasteiger partial charge is 0.497 e. The standard InChI is InChI=1S/C33H41N3O5S/c1-24-18-25(2)20-29(19-24)36(42(39,40)31-16-9-6-10-17-31)23-32(37)35(22-27-12-11-15-30(21-27)41-4)26(3)33(38)34-28-13-7-5-8-14-28/h6,9-12,15-21,26,28H,5,7-8,13-14,22-23H2,1-4H3,(H,34,38)/t26-/m1/s1. The Morgan fingerprint density at radius 3 is 2.24 bits per heavy atom. The summed E-state index contributed by atoms with van der Waals surface area (Å²) in [4.78, 5) is 29.2. The number of hydrogen-bond donors (Lipinski definition) is 1. The molecule has 9 heteroatoms. The molecule has 1 aliphatic carbocycles. The quantitative estimate of drug-likeness (QED) is 0.323. The molecule has 3 aromatic carbocycles. The van der Waals surface area contributed by atoms with Crippen LogP contribution >= 0.6 is 0 Å². The van der Waals surface area contributed by atoms with Crippen LogP contribution in [0.2, 0.25) is 0 Å². The molecule has 2 amide bonds. The predicted octanol–water partition coefficient (Wildman–Crippen LogP) is 5.37. The van der Waals surface area contributed by atoms with Crippen LogP contribution in [0.5, 0.6) is 5.75 Å². The van der Waals surface area contributed by atoms with Crippen LogP contribution in [0.15, 0.2) is 77.7 Å². The molecule has 0 bridgehead atoms. The Labute approximate surface area is 249 Å². The van der Waals surface area contributed by atoms with Gasteiger partial charge in [-0.1, -0.05) is 55.7 Å². The Kier molecular flexibility index (Phi) is 10.3. The number of amides is 2. The minimum atomic E-state index is -4.10. The summed E-state index contributed by atoms with van der Waals surface area (Å²) in [6.07, 6.45) is 5.12. The van der Waals surface area contributed by atoms with E-state index in [1.807, 2.05) is 44.2 Å². The second-order valence-electron chi connectivity index (χ2n) is 11.1. The van der Waals surface area contributed by atoms with Crippen LogP contribution in [0.1, 0.15) is 55.7 Å². The number of sulfonamides is 1. The third-order valence-corrected chi connectivity index (χ3v) is 9.50. The molecule has 0 radical (unpaired) electrons. The second kappa shape index (κ2) is 13.9. The summed E-state index contributed by atoms with van der Waals surface area (Å²) in [5.41, 5.74) is 2.91. The SMILES string of the molecule is COc1cccc(CN(C(=O)CN(c2cc(C)cc(C)c2)S(=O)(=O)c2ccccc2)[C@H](C)C(=O)NC2CCCCC2)c1.